The van der Waals surface area contributed by atoms with E-state index in [1.165, 1.54) is 12.3 Å². The van der Waals surface area contributed by atoms with Crippen LogP contribution in [0.2, 0.25) is 0 Å². The highest BCUT2D eigenvalue weighted by atomic mass is 19.1. The molecule has 0 unspecified atom stereocenters. The average molecular weight is 180 g/mol. The standard InChI is InChI=1S/C9H9FN2O/c10-8-5-4-7(6-12-8)2-1-3-9(11)13/h1-2,4-6H,3H2,(H2,11,13). The van der Waals surface area contributed by atoms with Gasteiger partial charge in [-0.3, -0.25) is 4.79 Å². The number of nitrogens with two attached hydrogens (primary N) is 1. The summed E-state index contributed by atoms with van der Waals surface area (Å²) in [5.74, 6) is -0.918. The summed E-state index contributed by atoms with van der Waals surface area (Å²) in [5.41, 5.74) is 5.65. The van der Waals surface area contributed by atoms with Gasteiger partial charge in [-0.25, -0.2) is 4.98 Å². The van der Waals surface area contributed by atoms with E-state index >= 15 is 0 Å². The van der Waals surface area contributed by atoms with Gasteiger partial charge >= 0.3 is 0 Å². The number of carbonyl (C=O) groups is 1. The number of aromatic nitrogens is 1. The number of rotatable bonds is 3. The highest BCUT2D eigenvalue weighted by molar-refractivity contribution is 5.76. The Hall–Kier alpha value is -1.71. The number of primary amides is 1. The highest BCUT2D eigenvalue weighted by Gasteiger charge is 1.90. The van der Waals surface area contributed by atoms with E-state index in [1.54, 1.807) is 18.2 Å². The Morgan fingerprint density at radius 1 is 1.62 bits per heavy atom. The number of nitrogens with zero attached hydrogens (tertiary/aromatic N) is 1. The molecule has 0 aliphatic heterocycles. The van der Waals surface area contributed by atoms with Crippen LogP contribution in [0, 0.1) is 5.95 Å². The Morgan fingerprint density at radius 2 is 2.38 bits per heavy atom. The lowest BCUT2D eigenvalue weighted by Crippen LogP contribution is -2.07. The van der Waals surface area contributed by atoms with E-state index in [4.69, 9.17) is 5.73 Å². The first-order valence-corrected chi connectivity index (χ1v) is 3.75. The second-order valence-corrected chi connectivity index (χ2v) is 2.49. The maximum Gasteiger partial charge on any atom is 0.221 e. The molecule has 3 nitrogen and oxygen atoms in total. The van der Waals surface area contributed by atoms with Gasteiger partial charge in [0.1, 0.15) is 0 Å². The Morgan fingerprint density at radius 3 is 2.92 bits per heavy atom. The van der Waals surface area contributed by atoms with Crippen molar-refractivity contribution in [3.63, 3.8) is 0 Å². The predicted octanol–water partition coefficient (Wildman–Crippen LogP) is 1.11. The van der Waals surface area contributed by atoms with Crippen molar-refractivity contribution in [1.29, 1.82) is 0 Å². The van der Waals surface area contributed by atoms with Gasteiger partial charge in [0, 0.05) is 12.6 Å². The molecule has 1 amide bonds. The van der Waals surface area contributed by atoms with E-state index in [0.717, 1.165) is 5.56 Å². The number of pyridine rings is 1. The molecule has 68 valence electrons. The van der Waals surface area contributed by atoms with Crippen LogP contribution in [0.5, 0.6) is 0 Å². The Bertz CT molecular complexity index is 319. The van der Waals surface area contributed by atoms with Crippen molar-refractivity contribution < 1.29 is 9.18 Å². The SMILES string of the molecule is NC(=O)CC=Cc1ccc(F)nc1. The molecule has 4 heteroatoms. The van der Waals surface area contributed by atoms with Crippen molar-refractivity contribution in [2.45, 2.75) is 6.42 Å². The van der Waals surface area contributed by atoms with Crippen LogP contribution < -0.4 is 5.73 Å². The summed E-state index contributed by atoms with van der Waals surface area (Å²) >= 11 is 0. The molecule has 2 N–H and O–H groups in total. The summed E-state index contributed by atoms with van der Waals surface area (Å²) < 4.78 is 12.3. The molecule has 1 aromatic heterocycles. The smallest absolute Gasteiger partial charge is 0.221 e. The minimum absolute atomic E-state index is 0.178. The first kappa shape index (κ1) is 9.38. The van der Waals surface area contributed by atoms with Gasteiger partial charge in [0.25, 0.3) is 0 Å². The normalized spacial score (nSPS) is 10.5. The molecule has 1 heterocycles. The van der Waals surface area contributed by atoms with E-state index < -0.39 is 11.9 Å². The lowest BCUT2D eigenvalue weighted by molar-refractivity contribution is -0.117. The summed E-state index contributed by atoms with van der Waals surface area (Å²) in [6, 6.07) is 2.82. The molecule has 0 atom stereocenters. The van der Waals surface area contributed by atoms with Crippen LogP contribution in [0.4, 0.5) is 4.39 Å². The molecular formula is C9H9FN2O. The Balaban J connectivity index is 2.59. The first-order chi connectivity index (χ1) is 6.18. The van der Waals surface area contributed by atoms with Crippen molar-refractivity contribution in [3.8, 4) is 0 Å². The molecule has 0 bridgehead atoms. The average Bonchev–Trinajstić information content (AvgIpc) is 2.08. The third-order valence-electron chi connectivity index (χ3n) is 1.38. The van der Waals surface area contributed by atoms with E-state index in [1.807, 2.05) is 0 Å². The summed E-state index contributed by atoms with van der Waals surface area (Å²) in [5, 5.41) is 0. The molecule has 1 aromatic rings. The highest BCUT2D eigenvalue weighted by Crippen LogP contribution is 2.01. The van der Waals surface area contributed by atoms with Gasteiger partial charge in [-0.2, -0.15) is 4.39 Å². The second kappa shape index (κ2) is 4.35. The van der Waals surface area contributed by atoms with Crippen LogP contribution in [0.1, 0.15) is 12.0 Å². The molecule has 0 aliphatic carbocycles. The maximum absolute atomic E-state index is 12.3. The molecule has 0 radical (unpaired) electrons. The third kappa shape index (κ3) is 3.46. The molecule has 0 aromatic carbocycles. The third-order valence-corrected chi connectivity index (χ3v) is 1.38. The zero-order valence-corrected chi connectivity index (χ0v) is 6.90. The van der Waals surface area contributed by atoms with Gasteiger partial charge in [-0.15, -0.1) is 0 Å². The quantitative estimate of drug-likeness (QED) is 0.708. The maximum atomic E-state index is 12.3. The lowest BCUT2D eigenvalue weighted by atomic mass is 10.2. The van der Waals surface area contributed by atoms with Crippen LogP contribution in [-0.2, 0) is 4.79 Å². The Labute approximate surface area is 75.1 Å². The lowest BCUT2D eigenvalue weighted by Gasteiger charge is -1.91. The molecule has 0 saturated carbocycles. The largest absolute Gasteiger partial charge is 0.369 e. The fraction of sp³-hybridized carbons (Fsp3) is 0.111. The summed E-state index contributed by atoms with van der Waals surface area (Å²) in [7, 11) is 0. The van der Waals surface area contributed by atoms with Crippen LogP contribution >= 0.6 is 0 Å². The van der Waals surface area contributed by atoms with Crippen LogP contribution in [0.3, 0.4) is 0 Å². The van der Waals surface area contributed by atoms with Gasteiger partial charge in [0.15, 0.2) is 0 Å². The number of hydrogen-bond acceptors (Lipinski definition) is 2. The number of carbonyl (C=O) groups excluding carboxylic acids is 1. The predicted molar refractivity (Wildman–Crippen MR) is 47.0 cm³/mol. The van der Waals surface area contributed by atoms with Gasteiger partial charge in [0.2, 0.25) is 11.9 Å². The minimum atomic E-state index is -0.521. The zero-order chi connectivity index (χ0) is 9.68. The van der Waals surface area contributed by atoms with Gasteiger partial charge in [-0.05, 0) is 17.7 Å². The monoisotopic (exact) mass is 180 g/mol. The molecule has 13 heavy (non-hydrogen) atoms. The van der Waals surface area contributed by atoms with Crippen molar-refractivity contribution in [2.75, 3.05) is 0 Å². The van der Waals surface area contributed by atoms with Gasteiger partial charge in [-0.1, -0.05) is 12.2 Å². The summed E-state index contributed by atoms with van der Waals surface area (Å²) in [4.78, 5) is 13.8. The second-order valence-electron chi connectivity index (χ2n) is 2.49. The zero-order valence-electron chi connectivity index (χ0n) is 6.90. The molecular weight excluding hydrogens is 171 g/mol. The van der Waals surface area contributed by atoms with Crippen molar-refractivity contribution in [3.05, 3.63) is 35.9 Å². The van der Waals surface area contributed by atoms with Crippen molar-refractivity contribution >= 4 is 12.0 Å². The van der Waals surface area contributed by atoms with E-state index in [0.29, 0.717) is 0 Å². The van der Waals surface area contributed by atoms with E-state index in [9.17, 15) is 9.18 Å². The number of halogens is 1. The molecule has 0 saturated heterocycles. The summed E-state index contributed by atoms with van der Waals surface area (Å²) in [6.45, 7) is 0. The van der Waals surface area contributed by atoms with E-state index in [2.05, 4.69) is 4.98 Å². The van der Waals surface area contributed by atoms with Crippen LogP contribution in [0.15, 0.2) is 24.4 Å². The fourth-order valence-electron chi connectivity index (χ4n) is 0.797. The minimum Gasteiger partial charge on any atom is -0.369 e. The Kier molecular flexibility index (Phi) is 3.14. The molecule has 0 spiro atoms. The van der Waals surface area contributed by atoms with Gasteiger partial charge < -0.3 is 5.73 Å². The van der Waals surface area contributed by atoms with Crippen LogP contribution in [0.25, 0.3) is 6.08 Å². The summed E-state index contributed by atoms with van der Waals surface area (Å²) in [6.07, 6.45) is 4.83. The van der Waals surface area contributed by atoms with E-state index in [-0.39, 0.29) is 6.42 Å². The van der Waals surface area contributed by atoms with Gasteiger partial charge in [0.05, 0.1) is 0 Å². The number of hydrogen-bond donors (Lipinski definition) is 1. The molecule has 0 aliphatic rings. The van der Waals surface area contributed by atoms with Crippen molar-refractivity contribution in [2.24, 2.45) is 5.73 Å². The topological polar surface area (TPSA) is 56.0 Å². The first-order valence-electron chi connectivity index (χ1n) is 3.75. The fourth-order valence-corrected chi connectivity index (χ4v) is 0.797. The molecule has 0 fully saturated rings. The number of amides is 1. The van der Waals surface area contributed by atoms with Crippen LogP contribution in [-0.4, -0.2) is 10.9 Å². The molecule has 1 rings (SSSR count). The van der Waals surface area contributed by atoms with Crippen molar-refractivity contribution in [1.82, 2.24) is 4.98 Å².